The number of halogens is 3. The standard InChI is InChI=1S/C13H17ClF2N2O2S/c1-2-17-3-5-18(6-4-17)21(19,20)12-8-10(9-14)7-11(15)13(12)16/h7-8H,2-6,9H2,1H3. The number of nitrogens with zero attached hydrogens (tertiary/aromatic N) is 2. The van der Waals surface area contributed by atoms with Crippen molar-refractivity contribution in [3.05, 3.63) is 29.3 Å². The molecule has 0 radical (unpaired) electrons. The maximum Gasteiger partial charge on any atom is 0.246 e. The molecule has 0 bridgehead atoms. The monoisotopic (exact) mass is 338 g/mol. The zero-order valence-electron chi connectivity index (χ0n) is 11.7. The Bertz CT molecular complexity index is 617. The zero-order valence-corrected chi connectivity index (χ0v) is 13.2. The van der Waals surface area contributed by atoms with Crippen molar-refractivity contribution in [1.82, 2.24) is 9.21 Å². The summed E-state index contributed by atoms with van der Waals surface area (Å²) in [5, 5.41) is 0. The highest BCUT2D eigenvalue weighted by molar-refractivity contribution is 7.89. The first-order valence-electron chi connectivity index (χ1n) is 6.66. The van der Waals surface area contributed by atoms with Crippen LogP contribution in [0.15, 0.2) is 17.0 Å². The van der Waals surface area contributed by atoms with Crippen LogP contribution in [0.5, 0.6) is 0 Å². The van der Waals surface area contributed by atoms with Crippen molar-refractivity contribution in [1.29, 1.82) is 0 Å². The molecule has 0 unspecified atom stereocenters. The smallest absolute Gasteiger partial charge is 0.246 e. The predicted octanol–water partition coefficient (Wildman–Crippen LogP) is 2.03. The van der Waals surface area contributed by atoms with Crippen LogP contribution in [0, 0.1) is 11.6 Å². The molecule has 1 aromatic carbocycles. The zero-order chi connectivity index (χ0) is 15.6. The van der Waals surface area contributed by atoms with Gasteiger partial charge in [-0.3, -0.25) is 0 Å². The van der Waals surface area contributed by atoms with Gasteiger partial charge in [-0.05, 0) is 24.2 Å². The van der Waals surface area contributed by atoms with E-state index in [0.717, 1.165) is 18.7 Å². The average molecular weight is 339 g/mol. The number of likely N-dealkylation sites (N-methyl/N-ethyl adjacent to an activating group) is 1. The quantitative estimate of drug-likeness (QED) is 0.789. The summed E-state index contributed by atoms with van der Waals surface area (Å²) in [7, 11) is -4.05. The van der Waals surface area contributed by atoms with Crippen molar-refractivity contribution in [2.75, 3.05) is 32.7 Å². The molecule has 1 aliphatic heterocycles. The van der Waals surface area contributed by atoms with Crippen LogP contribution in [-0.2, 0) is 15.9 Å². The summed E-state index contributed by atoms with van der Waals surface area (Å²) in [5.41, 5.74) is 0.237. The first-order valence-corrected chi connectivity index (χ1v) is 8.64. The Morgan fingerprint density at radius 2 is 1.81 bits per heavy atom. The Morgan fingerprint density at radius 3 is 2.33 bits per heavy atom. The van der Waals surface area contributed by atoms with Gasteiger partial charge in [0.2, 0.25) is 10.0 Å². The van der Waals surface area contributed by atoms with Gasteiger partial charge in [0.05, 0.1) is 0 Å². The summed E-state index contributed by atoms with van der Waals surface area (Å²) >= 11 is 5.59. The summed E-state index contributed by atoms with van der Waals surface area (Å²) in [4.78, 5) is 1.46. The van der Waals surface area contributed by atoms with E-state index in [0.29, 0.717) is 13.1 Å². The molecule has 1 aliphatic rings. The maximum absolute atomic E-state index is 13.9. The normalized spacial score (nSPS) is 18.1. The van der Waals surface area contributed by atoms with Crippen LogP contribution in [-0.4, -0.2) is 50.3 Å². The Balaban J connectivity index is 2.34. The second-order valence-corrected chi connectivity index (χ2v) is 7.04. The van der Waals surface area contributed by atoms with Crippen LogP contribution in [0.1, 0.15) is 12.5 Å². The van der Waals surface area contributed by atoms with E-state index in [1.54, 1.807) is 0 Å². The predicted molar refractivity (Wildman–Crippen MR) is 76.8 cm³/mol. The lowest BCUT2D eigenvalue weighted by Crippen LogP contribution is -2.48. The summed E-state index contributed by atoms with van der Waals surface area (Å²) in [5.74, 6) is -2.62. The molecule has 0 saturated carbocycles. The highest BCUT2D eigenvalue weighted by atomic mass is 35.5. The Morgan fingerprint density at radius 1 is 1.19 bits per heavy atom. The molecule has 0 N–H and O–H groups in total. The van der Waals surface area contributed by atoms with Crippen molar-refractivity contribution >= 4 is 21.6 Å². The largest absolute Gasteiger partial charge is 0.301 e. The van der Waals surface area contributed by atoms with E-state index in [4.69, 9.17) is 11.6 Å². The van der Waals surface area contributed by atoms with E-state index in [9.17, 15) is 17.2 Å². The number of hydrogen-bond donors (Lipinski definition) is 0. The van der Waals surface area contributed by atoms with E-state index in [1.165, 1.54) is 4.31 Å². The van der Waals surface area contributed by atoms with Crippen LogP contribution in [0.4, 0.5) is 8.78 Å². The molecule has 0 amide bonds. The van der Waals surface area contributed by atoms with Crippen LogP contribution in [0.3, 0.4) is 0 Å². The molecule has 0 spiro atoms. The molecule has 1 heterocycles. The molecule has 21 heavy (non-hydrogen) atoms. The lowest BCUT2D eigenvalue weighted by atomic mass is 10.2. The van der Waals surface area contributed by atoms with Gasteiger partial charge in [-0.15, -0.1) is 11.6 Å². The van der Waals surface area contributed by atoms with Crippen LogP contribution in [0.2, 0.25) is 0 Å². The van der Waals surface area contributed by atoms with Crippen LogP contribution < -0.4 is 0 Å². The lowest BCUT2D eigenvalue weighted by Gasteiger charge is -2.33. The highest BCUT2D eigenvalue weighted by Crippen LogP contribution is 2.25. The van der Waals surface area contributed by atoms with Gasteiger partial charge in [-0.2, -0.15) is 4.31 Å². The average Bonchev–Trinajstić information content (AvgIpc) is 2.49. The Labute approximate surface area is 128 Å². The molecule has 0 atom stereocenters. The lowest BCUT2D eigenvalue weighted by molar-refractivity contribution is 0.196. The summed E-state index contributed by atoms with van der Waals surface area (Å²) < 4.78 is 53.5. The molecule has 4 nitrogen and oxygen atoms in total. The van der Waals surface area contributed by atoms with E-state index in [2.05, 4.69) is 4.90 Å². The van der Waals surface area contributed by atoms with E-state index < -0.39 is 26.6 Å². The number of benzene rings is 1. The molecule has 118 valence electrons. The molecule has 0 aliphatic carbocycles. The number of rotatable bonds is 4. The fourth-order valence-electron chi connectivity index (χ4n) is 2.31. The SMILES string of the molecule is CCN1CCN(S(=O)(=O)c2cc(CCl)cc(F)c2F)CC1. The number of hydrogen-bond acceptors (Lipinski definition) is 3. The minimum atomic E-state index is -4.05. The van der Waals surface area contributed by atoms with Crippen molar-refractivity contribution < 1.29 is 17.2 Å². The molecule has 1 fully saturated rings. The fourth-order valence-corrected chi connectivity index (χ4v) is 4.01. The number of piperazine rings is 1. The minimum Gasteiger partial charge on any atom is -0.301 e. The second kappa shape index (κ2) is 6.56. The Hall–Kier alpha value is -0.760. The van der Waals surface area contributed by atoms with Gasteiger partial charge in [0.25, 0.3) is 0 Å². The highest BCUT2D eigenvalue weighted by Gasteiger charge is 2.31. The van der Waals surface area contributed by atoms with Gasteiger partial charge in [0.1, 0.15) is 4.90 Å². The number of sulfonamides is 1. The molecular formula is C13H17ClF2N2O2S. The van der Waals surface area contributed by atoms with E-state index in [1.807, 2.05) is 6.92 Å². The van der Waals surface area contributed by atoms with Gasteiger partial charge >= 0.3 is 0 Å². The second-order valence-electron chi connectivity index (χ2n) is 4.86. The third-order valence-corrected chi connectivity index (χ3v) is 5.81. The first kappa shape index (κ1) is 16.6. The van der Waals surface area contributed by atoms with Crippen molar-refractivity contribution in [2.45, 2.75) is 17.7 Å². The Kier molecular flexibility index (Phi) is 5.19. The third-order valence-electron chi connectivity index (χ3n) is 3.61. The van der Waals surface area contributed by atoms with Gasteiger partial charge in [-0.1, -0.05) is 6.92 Å². The third kappa shape index (κ3) is 3.36. The van der Waals surface area contributed by atoms with Crippen LogP contribution in [0.25, 0.3) is 0 Å². The van der Waals surface area contributed by atoms with Crippen molar-refractivity contribution in [3.8, 4) is 0 Å². The van der Waals surface area contributed by atoms with Gasteiger partial charge in [-0.25, -0.2) is 17.2 Å². The van der Waals surface area contributed by atoms with Gasteiger partial charge in [0, 0.05) is 32.1 Å². The topological polar surface area (TPSA) is 40.6 Å². The summed E-state index contributed by atoms with van der Waals surface area (Å²) in [6.45, 7) is 4.51. The van der Waals surface area contributed by atoms with E-state index in [-0.39, 0.29) is 24.5 Å². The summed E-state index contributed by atoms with van der Waals surface area (Å²) in [6, 6.07) is 2.02. The molecule has 1 saturated heterocycles. The van der Waals surface area contributed by atoms with E-state index >= 15 is 0 Å². The van der Waals surface area contributed by atoms with Crippen molar-refractivity contribution in [3.63, 3.8) is 0 Å². The summed E-state index contributed by atoms with van der Waals surface area (Å²) in [6.07, 6.45) is 0. The fraction of sp³-hybridized carbons (Fsp3) is 0.538. The molecule has 8 heteroatoms. The molecular weight excluding hydrogens is 322 g/mol. The van der Waals surface area contributed by atoms with Gasteiger partial charge in [0.15, 0.2) is 11.6 Å². The maximum atomic E-state index is 13.9. The molecule has 2 rings (SSSR count). The minimum absolute atomic E-state index is 0.0800. The molecule has 0 aromatic heterocycles. The van der Waals surface area contributed by atoms with Crippen molar-refractivity contribution in [2.24, 2.45) is 0 Å². The first-order chi connectivity index (χ1) is 9.90. The molecule has 1 aromatic rings. The van der Waals surface area contributed by atoms with Gasteiger partial charge < -0.3 is 4.90 Å². The van der Waals surface area contributed by atoms with Crippen LogP contribution >= 0.6 is 11.6 Å². The number of alkyl halides is 1.